The van der Waals surface area contributed by atoms with E-state index in [1.165, 1.54) is 10.9 Å². The number of hydrogen-bond acceptors (Lipinski definition) is 3. The number of fused-ring (bicyclic) bond motifs is 4. The Morgan fingerprint density at radius 1 is 0.969 bits per heavy atom. The van der Waals surface area contributed by atoms with Gasteiger partial charge in [-0.25, -0.2) is 0 Å². The number of nitrogens with zero attached hydrogens (tertiary/aromatic N) is 1. The van der Waals surface area contributed by atoms with Crippen LogP contribution < -0.4 is 9.47 Å². The average molecular weight is 422 g/mol. The fraction of sp³-hybridized carbons (Fsp3) is 0.148. The van der Waals surface area contributed by atoms with Crippen molar-refractivity contribution in [1.82, 2.24) is 9.88 Å². The van der Waals surface area contributed by atoms with Crippen LogP contribution in [0.2, 0.25) is 0 Å². The quantitative estimate of drug-likeness (QED) is 0.468. The number of amides is 1. The Balaban J connectivity index is 1.44. The van der Waals surface area contributed by atoms with Crippen molar-refractivity contribution < 1.29 is 14.3 Å². The predicted octanol–water partition coefficient (Wildman–Crippen LogP) is 5.08. The summed E-state index contributed by atoms with van der Waals surface area (Å²) in [6, 6.07) is 23.9. The zero-order valence-corrected chi connectivity index (χ0v) is 17.5. The zero-order valence-electron chi connectivity index (χ0n) is 17.5. The number of para-hydroxylation sites is 1. The van der Waals surface area contributed by atoms with E-state index in [1.807, 2.05) is 65.6 Å². The molecule has 0 bridgehead atoms. The van der Waals surface area contributed by atoms with E-state index in [9.17, 15) is 4.79 Å². The van der Waals surface area contributed by atoms with Gasteiger partial charge in [-0.15, -0.1) is 0 Å². The van der Waals surface area contributed by atoms with Crippen LogP contribution in [0.4, 0.5) is 0 Å². The Morgan fingerprint density at radius 3 is 2.69 bits per heavy atom. The molecule has 0 aliphatic carbocycles. The van der Waals surface area contributed by atoms with E-state index in [4.69, 9.17) is 9.47 Å². The van der Waals surface area contributed by atoms with E-state index in [0.29, 0.717) is 6.54 Å². The lowest BCUT2D eigenvalue weighted by molar-refractivity contribution is -0.128. The summed E-state index contributed by atoms with van der Waals surface area (Å²) in [5.74, 6) is 1.45. The van der Waals surface area contributed by atoms with Crippen LogP contribution in [-0.4, -0.2) is 29.1 Å². The Morgan fingerprint density at radius 2 is 1.78 bits per heavy atom. The van der Waals surface area contributed by atoms with Crippen LogP contribution in [0.3, 0.4) is 0 Å². The molecular weight excluding hydrogens is 400 g/mol. The molecule has 158 valence electrons. The van der Waals surface area contributed by atoms with Crippen molar-refractivity contribution in [2.24, 2.45) is 0 Å². The topological polar surface area (TPSA) is 54.6 Å². The summed E-state index contributed by atoms with van der Waals surface area (Å²) >= 11 is 0. The lowest BCUT2D eigenvalue weighted by atomic mass is 9.92. The second kappa shape index (κ2) is 7.61. The van der Waals surface area contributed by atoms with Crippen LogP contribution in [0.5, 0.6) is 11.5 Å². The van der Waals surface area contributed by atoms with E-state index in [0.717, 1.165) is 40.3 Å². The second-order valence-corrected chi connectivity index (χ2v) is 8.10. The molecule has 6 rings (SSSR count). The number of carbonyl (C=O) groups is 1. The molecule has 2 aliphatic heterocycles. The van der Waals surface area contributed by atoms with Crippen LogP contribution >= 0.6 is 0 Å². The molecule has 0 unspecified atom stereocenters. The number of benzene rings is 3. The SMILES string of the molecule is O=C(C=Cc1ccccc1)N1CCc2c([nH]c3ccccc23)[C@@H]1c1ccc2c(c1)OCO2. The molecule has 5 heteroatoms. The molecule has 3 aromatic carbocycles. The number of aromatic amines is 1. The van der Waals surface area contributed by atoms with E-state index in [-0.39, 0.29) is 18.7 Å². The number of carbonyl (C=O) groups excluding carboxylic acids is 1. The van der Waals surface area contributed by atoms with E-state index < -0.39 is 0 Å². The third-order valence-electron chi connectivity index (χ3n) is 6.25. The molecule has 2 aliphatic rings. The standard InChI is InChI=1S/C27H22N2O3/c30-25(13-10-18-6-2-1-3-7-18)29-15-14-21-20-8-4-5-9-22(20)28-26(21)27(29)19-11-12-23-24(16-19)32-17-31-23/h1-13,16,27-28H,14-15,17H2/t27-/m0/s1. The molecule has 0 spiro atoms. The van der Waals surface area contributed by atoms with Gasteiger partial charge in [0, 0.05) is 29.2 Å². The molecule has 1 N–H and O–H groups in total. The molecule has 5 nitrogen and oxygen atoms in total. The van der Waals surface area contributed by atoms with E-state index >= 15 is 0 Å². The summed E-state index contributed by atoms with van der Waals surface area (Å²) in [5, 5.41) is 1.22. The Kier molecular flexibility index (Phi) is 4.46. The number of aromatic nitrogens is 1. The highest BCUT2D eigenvalue weighted by Crippen LogP contribution is 2.42. The first-order valence-corrected chi connectivity index (χ1v) is 10.8. The first-order valence-electron chi connectivity index (χ1n) is 10.8. The van der Waals surface area contributed by atoms with Gasteiger partial charge in [0.1, 0.15) is 0 Å². The highest BCUT2D eigenvalue weighted by Gasteiger charge is 2.34. The van der Waals surface area contributed by atoms with Gasteiger partial charge in [-0.1, -0.05) is 54.6 Å². The second-order valence-electron chi connectivity index (χ2n) is 8.10. The average Bonchev–Trinajstić information content (AvgIpc) is 3.46. The van der Waals surface area contributed by atoms with Gasteiger partial charge in [0.05, 0.1) is 6.04 Å². The number of nitrogens with one attached hydrogen (secondary N) is 1. The van der Waals surface area contributed by atoms with Crippen LogP contribution in [0.25, 0.3) is 17.0 Å². The zero-order chi connectivity index (χ0) is 21.5. The Bertz CT molecular complexity index is 1340. The summed E-state index contributed by atoms with van der Waals surface area (Å²) in [6.07, 6.45) is 4.36. The maximum atomic E-state index is 13.4. The summed E-state index contributed by atoms with van der Waals surface area (Å²) in [5.41, 5.74) is 5.45. The summed E-state index contributed by atoms with van der Waals surface area (Å²) in [7, 11) is 0. The van der Waals surface area contributed by atoms with Gasteiger partial charge in [-0.2, -0.15) is 0 Å². The monoisotopic (exact) mass is 422 g/mol. The lowest BCUT2D eigenvalue weighted by Gasteiger charge is -2.35. The highest BCUT2D eigenvalue weighted by atomic mass is 16.7. The van der Waals surface area contributed by atoms with Crippen LogP contribution in [0, 0.1) is 0 Å². The van der Waals surface area contributed by atoms with Gasteiger partial charge in [0.15, 0.2) is 11.5 Å². The fourth-order valence-corrected chi connectivity index (χ4v) is 4.74. The third kappa shape index (κ3) is 3.14. The van der Waals surface area contributed by atoms with Gasteiger partial charge >= 0.3 is 0 Å². The molecule has 1 amide bonds. The Labute approximate surface area is 185 Å². The lowest BCUT2D eigenvalue weighted by Crippen LogP contribution is -2.39. The molecule has 0 saturated carbocycles. The number of H-pyrrole nitrogens is 1. The maximum Gasteiger partial charge on any atom is 0.247 e. The van der Waals surface area contributed by atoms with Gasteiger partial charge < -0.3 is 19.4 Å². The summed E-state index contributed by atoms with van der Waals surface area (Å²) in [4.78, 5) is 18.9. The first kappa shape index (κ1) is 18.8. The number of ether oxygens (including phenoxy) is 2. The van der Waals surface area contributed by atoms with E-state index in [2.05, 4.69) is 23.2 Å². The Hall–Kier alpha value is -3.99. The van der Waals surface area contributed by atoms with Crippen molar-refractivity contribution in [3.05, 3.63) is 101 Å². The largest absolute Gasteiger partial charge is 0.454 e. The third-order valence-corrected chi connectivity index (χ3v) is 6.25. The van der Waals surface area contributed by atoms with Crippen molar-refractivity contribution in [2.45, 2.75) is 12.5 Å². The summed E-state index contributed by atoms with van der Waals surface area (Å²) < 4.78 is 11.1. The molecule has 0 radical (unpaired) electrons. The van der Waals surface area contributed by atoms with Crippen LogP contribution in [-0.2, 0) is 11.2 Å². The number of hydrogen-bond donors (Lipinski definition) is 1. The molecular formula is C27H22N2O3. The van der Waals surface area contributed by atoms with Crippen molar-refractivity contribution in [3.63, 3.8) is 0 Å². The molecule has 3 heterocycles. The highest BCUT2D eigenvalue weighted by molar-refractivity contribution is 5.93. The van der Waals surface area contributed by atoms with Gasteiger partial charge in [-0.05, 0) is 47.4 Å². The smallest absolute Gasteiger partial charge is 0.247 e. The van der Waals surface area contributed by atoms with E-state index in [1.54, 1.807) is 6.08 Å². The minimum Gasteiger partial charge on any atom is -0.454 e. The molecule has 1 atom stereocenters. The maximum absolute atomic E-state index is 13.4. The van der Waals surface area contributed by atoms with Crippen LogP contribution in [0.1, 0.15) is 28.4 Å². The summed E-state index contributed by atoms with van der Waals surface area (Å²) in [6.45, 7) is 0.871. The normalized spacial score (nSPS) is 17.1. The van der Waals surface area contributed by atoms with Crippen molar-refractivity contribution in [3.8, 4) is 11.5 Å². The predicted molar refractivity (Wildman–Crippen MR) is 124 cm³/mol. The fourth-order valence-electron chi connectivity index (χ4n) is 4.74. The molecule has 32 heavy (non-hydrogen) atoms. The molecule has 0 fully saturated rings. The minimum absolute atomic E-state index is 0.0131. The molecule has 4 aromatic rings. The number of rotatable bonds is 3. The minimum atomic E-state index is -0.228. The van der Waals surface area contributed by atoms with Crippen LogP contribution in [0.15, 0.2) is 78.9 Å². The van der Waals surface area contributed by atoms with Crippen molar-refractivity contribution in [2.75, 3.05) is 13.3 Å². The van der Waals surface area contributed by atoms with Gasteiger partial charge in [-0.3, -0.25) is 4.79 Å². The van der Waals surface area contributed by atoms with Gasteiger partial charge in [0.25, 0.3) is 0 Å². The van der Waals surface area contributed by atoms with Crippen molar-refractivity contribution >= 4 is 22.9 Å². The molecule has 1 aromatic heterocycles. The first-order chi connectivity index (χ1) is 15.8. The van der Waals surface area contributed by atoms with Gasteiger partial charge in [0.2, 0.25) is 12.7 Å². The van der Waals surface area contributed by atoms with Crippen molar-refractivity contribution in [1.29, 1.82) is 0 Å². The molecule has 0 saturated heterocycles.